The summed E-state index contributed by atoms with van der Waals surface area (Å²) in [7, 11) is 0. The molecule has 0 aliphatic carbocycles. The van der Waals surface area contributed by atoms with Crippen LogP contribution in [0.4, 0.5) is 0 Å². The normalized spacial score (nSPS) is 24.6. The summed E-state index contributed by atoms with van der Waals surface area (Å²) in [5, 5.41) is 9.30. The second-order valence-electron chi connectivity index (χ2n) is 3.99. The molecule has 0 bridgehead atoms. The topological polar surface area (TPSA) is 38.7 Å². The molecular formula is C13H18O3. The van der Waals surface area contributed by atoms with Gasteiger partial charge in [0.25, 0.3) is 0 Å². The van der Waals surface area contributed by atoms with Crippen molar-refractivity contribution in [2.75, 3.05) is 19.8 Å². The largest absolute Gasteiger partial charge is 0.493 e. The third kappa shape index (κ3) is 2.20. The van der Waals surface area contributed by atoms with E-state index in [-0.39, 0.29) is 18.6 Å². The van der Waals surface area contributed by atoms with E-state index in [0.717, 1.165) is 24.3 Å². The van der Waals surface area contributed by atoms with Gasteiger partial charge < -0.3 is 14.6 Å². The Labute approximate surface area is 96.0 Å². The highest BCUT2D eigenvalue weighted by Gasteiger charge is 2.30. The quantitative estimate of drug-likeness (QED) is 0.848. The summed E-state index contributed by atoms with van der Waals surface area (Å²) in [4.78, 5) is 0. The molecular weight excluding hydrogens is 204 g/mol. The van der Waals surface area contributed by atoms with Crippen molar-refractivity contribution in [3.05, 3.63) is 29.8 Å². The summed E-state index contributed by atoms with van der Waals surface area (Å²) in [6.45, 7) is 3.50. The number of aliphatic hydroxyl groups is 1. The molecule has 0 aromatic heterocycles. The molecule has 1 fully saturated rings. The molecule has 2 rings (SSSR count). The van der Waals surface area contributed by atoms with E-state index in [2.05, 4.69) is 0 Å². The third-order valence-corrected chi connectivity index (χ3v) is 2.97. The fraction of sp³-hybridized carbons (Fsp3) is 0.538. The van der Waals surface area contributed by atoms with Gasteiger partial charge in [-0.25, -0.2) is 0 Å². The number of rotatable bonds is 4. The molecule has 88 valence electrons. The molecule has 1 aliphatic heterocycles. The van der Waals surface area contributed by atoms with Gasteiger partial charge in [0, 0.05) is 24.7 Å². The third-order valence-electron chi connectivity index (χ3n) is 2.97. The van der Waals surface area contributed by atoms with E-state index in [1.807, 2.05) is 31.2 Å². The molecule has 2 unspecified atom stereocenters. The van der Waals surface area contributed by atoms with E-state index in [1.54, 1.807) is 0 Å². The van der Waals surface area contributed by atoms with Crippen molar-refractivity contribution in [3.8, 4) is 5.75 Å². The molecule has 0 spiro atoms. The van der Waals surface area contributed by atoms with E-state index in [1.165, 1.54) is 0 Å². The number of hydrogen-bond donors (Lipinski definition) is 1. The highest BCUT2D eigenvalue weighted by molar-refractivity contribution is 5.36. The van der Waals surface area contributed by atoms with E-state index in [4.69, 9.17) is 9.47 Å². The molecule has 1 aromatic carbocycles. The molecule has 1 saturated heterocycles. The van der Waals surface area contributed by atoms with Gasteiger partial charge in [0.05, 0.1) is 12.7 Å². The van der Waals surface area contributed by atoms with Crippen molar-refractivity contribution >= 4 is 0 Å². The fourth-order valence-electron chi connectivity index (χ4n) is 2.17. The molecule has 1 N–H and O–H groups in total. The molecule has 1 aromatic rings. The van der Waals surface area contributed by atoms with Gasteiger partial charge in [-0.2, -0.15) is 0 Å². The van der Waals surface area contributed by atoms with Crippen molar-refractivity contribution < 1.29 is 14.6 Å². The van der Waals surface area contributed by atoms with Crippen LogP contribution in [0.1, 0.15) is 25.0 Å². The molecule has 0 amide bonds. The van der Waals surface area contributed by atoms with Crippen molar-refractivity contribution in [1.29, 1.82) is 0 Å². The minimum absolute atomic E-state index is 0.0206. The van der Waals surface area contributed by atoms with Gasteiger partial charge >= 0.3 is 0 Å². The maximum absolute atomic E-state index is 9.30. The van der Waals surface area contributed by atoms with Crippen molar-refractivity contribution in [1.82, 2.24) is 0 Å². The standard InChI is InChI=1S/C13H18O3/c1-2-15-12-6-4-3-5-11(12)13-10(9-14)7-8-16-13/h3-6,10,13-14H,2,7-9H2,1H3. The van der Waals surface area contributed by atoms with Crippen LogP contribution in [0.5, 0.6) is 5.75 Å². The first-order chi connectivity index (χ1) is 7.86. The first-order valence-corrected chi connectivity index (χ1v) is 5.81. The molecule has 16 heavy (non-hydrogen) atoms. The Morgan fingerprint density at radius 3 is 3.00 bits per heavy atom. The lowest BCUT2D eigenvalue weighted by atomic mass is 9.95. The Morgan fingerprint density at radius 1 is 1.44 bits per heavy atom. The van der Waals surface area contributed by atoms with Crippen LogP contribution in [-0.2, 0) is 4.74 Å². The summed E-state index contributed by atoms with van der Waals surface area (Å²) in [5.74, 6) is 1.07. The zero-order chi connectivity index (χ0) is 11.4. The molecule has 3 heteroatoms. The summed E-state index contributed by atoms with van der Waals surface area (Å²) >= 11 is 0. The van der Waals surface area contributed by atoms with Gasteiger partial charge in [0.2, 0.25) is 0 Å². The second-order valence-corrected chi connectivity index (χ2v) is 3.99. The number of hydrogen-bond acceptors (Lipinski definition) is 3. The molecule has 2 atom stereocenters. The minimum atomic E-state index is -0.0206. The highest BCUT2D eigenvalue weighted by Crippen LogP contribution is 2.38. The maximum atomic E-state index is 9.30. The van der Waals surface area contributed by atoms with Gasteiger partial charge in [0.15, 0.2) is 0 Å². The van der Waals surface area contributed by atoms with Crippen LogP contribution in [0.2, 0.25) is 0 Å². The Morgan fingerprint density at radius 2 is 2.25 bits per heavy atom. The van der Waals surface area contributed by atoms with Crippen molar-refractivity contribution in [3.63, 3.8) is 0 Å². The Hall–Kier alpha value is -1.06. The summed E-state index contributed by atoms with van der Waals surface area (Å²) in [6.07, 6.45) is 0.898. The van der Waals surface area contributed by atoms with Crippen LogP contribution in [0, 0.1) is 5.92 Å². The number of aliphatic hydroxyl groups excluding tert-OH is 1. The number of para-hydroxylation sites is 1. The zero-order valence-electron chi connectivity index (χ0n) is 9.56. The summed E-state index contributed by atoms with van der Waals surface area (Å²) in [6, 6.07) is 7.91. The maximum Gasteiger partial charge on any atom is 0.125 e. The van der Waals surface area contributed by atoms with Gasteiger partial charge in [-0.15, -0.1) is 0 Å². The van der Waals surface area contributed by atoms with Gasteiger partial charge in [0.1, 0.15) is 5.75 Å². The predicted molar refractivity (Wildman–Crippen MR) is 61.5 cm³/mol. The van der Waals surface area contributed by atoms with Crippen molar-refractivity contribution in [2.45, 2.75) is 19.4 Å². The van der Waals surface area contributed by atoms with E-state index >= 15 is 0 Å². The second kappa shape index (κ2) is 5.32. The first-order valence-electron chi connectivity index (χ1n) is 5.81. The smallest absolute Gasteiger partial charge is 0.125 e. The van der Waals surface area contributed by atoms with Crippen LogP contribution in [0.15, 0.2) is 24.3 Å². The average Bonchev–Trinajstić information content (AvgIpc) is 2.78. The predicted octanol–water partition coefficient (Wildman–Crippen LogP) is 2.16. The van der Waals surface area contributed by atoms with Gasteiger partial charge in [-0.3, -0.25) is 0 Å². The van der Waals surface area contributed by atoms with Crippen molar-refractivity contribution in [2.24, 2.45) is 5.92 Å². The van der Waals surface area contributed by atoms with Crippen LogP contribution < -0.4 is 4.74 Å². The lowest BCUT2D eigenvalue weighted by Gasteiger charge is -2.19. The Bertz CT molecular complexity index is 338. The van der Waals surface area contributed by atoms with Crippen LogP contribution in [0.25, 0.3) is 0 Å². The average molecular weight is 222 g/mol. The summed E-state index contributed by atoms with van der Waals surface area (Å²) in [5.41, 5.74) is 1.06. The summed E-state index contributed by atoms with van der Waals surface area (Å²) < 4.78 is 11.3. The van der Waals surface area contributed by atoms with Gasteiger partial charge in [-0.05, 0) is 19.4 Å². The highest BCUT2D eigenvalue weighted by atomic mass is 16.5. The first kappa shape index (κ1) is 11.4. The van der Waals surface area contributed by atoms with Crippen LogP contribution in [-0.4, -0.2) is 24.9 Å². The lowest BCUT2D eigenvalue weighted by molar-refractivity contribution is 0.0696. The monoisotopic (exact) mass is 222 g/mol. The van der Waals surface area contributed by atoms with Gasteiger partial charge in [-0.1, -0.05) is 18.2 Å². The molecule has 1 aliphatic rings. The zero-order valence-corrected chi connectivity index (χ0v) is 9.56. The number of benzene rings is 1. The molecule has 3 nitrogen and oxygen atoms in total. The molecule has 0 saturated carbocycles. The Kier molecular flexibility index (Phi) is 3.80. The minimum Gasteiger partial charge on any atom is -0.493 e. The van der Waals surface area contributed by atoms with E-state index in [0.29, 0.717) is 6.61 Å². The van der Waals surface area contributed by atoms with Crippen LogP contribution in [0.3, 0.4) is 0 Å². The van der Waals surface area contributed by atoms with E-state index in [9.17, 15) is 5.11 Å². The molecule has 0 radical (unpaired) electrons. The lowest BCUT2D eigenvalue weighted by Crippen LogP contribution is -2.12. The van der Waals surface area contributed by atoms with Crippen LogP contribution >= 0.6 is 0 Å². The van der Waals surface area contributed by atoms with E-state index < -0.39 is 0 Å². The Balaban J connectivity index is 2.24. The SMILES string of the molecule is CCOc1ccccc1C1OCCC1CO. The number of ether oxygens (including phenoxy) is 2. The fourth-order valence-corrected chi connectivity index (χ4v) is 2.17. The molecule has 1 heterocycles.